The molecule has 1 saturated heterocycles. The number of aromatic hydroxyl groups is 1. The summed E-state index contributed by atoms with van der Waals surface area (Å²) in [5.41, 5.74) is 5.40. The van der Waals surface area contributed by atoms with E-state index in [2.05, 4.69) is 12.4 Å². The van der Waals surface area contributed by atoms with Gasteiger partial charge in [0.05, 0.1) is 0 Å². The number of Topliss-reactive ketones (excluding diaryl/α,β-unsaturated/α-hetero) is 1. The maximum absolute atomic E-state index is 14.1. The van der Waals surface area contributed by atoms with Gasteiger partial charge >= 0.3 is 216 Å². The molecule has 1 aromatic rings. The number of phenolic OH excluding ortho intramolecular Hbond substituents is 1. The van der Waals surface area contributed by atoms with Gasteiger partial charge in [0.2, 0.25) is 0 Å². The second-order valence-electron chi connectivity index (χ2n) is 12.1. The molecule has 0 saturated carbocycles. The zero-order valence-electron chi connectivity index (χ0n) is 23.7. The Bertz CT molecular complexity index is 1360. The quantitative estimate of drug-likeness (QED) is 0.334. The Balaban J connectivity index is 1.67. The predicted octanol–water partition coefficient (Wildman–Crippen LogP) is 0.677. The van der Waals surface area contributed by atoms with Crippen molar-refractivity contribution < 1.29 is 30.0 Å². The monoisotopic (exact) mass is 550 g/mol. The van der Waals surface area contributed by atoms with E-state index in [0.717, 1.165) is 37.2 Å². The topological polar surface area (TPSA) is 151 Å². The number of allylic oxidation sites excluding steroid dienone is 1. The number of benzene rings is 1. The van der Waals surface area contributed by atoms with Crippen LogP contribution < -0.4 is 10.6 Å². The van der Waals surface area contributed by atoms with Gasteiger partial charge in [-0.1, -0.05) is 6.42 Å². The van der Waals surface area contributed by atoms with Crippen LogP contribution in [0.5, 0.6) is 5.75 Å². The number of aliphatic hydroxyl groups is 3. The van der Waals surface area contributed by atoms with Crippen LogP contribution in [-0.2, 0) is 17.8 Å². The van der Waals surface area contributed by atoms with E-state index in [9.17, 15) is 30.0 Å². The van der Waals surface area contributed by atoms with Gasteiger partial charge in [0.25, 0.3) is 0 Å². The number of phenols is 1. The number of hydrogen-bond acceptors (Lipinski definition) is 9. The van der Waals surface area contributed by atoms with Crippen LogP contribution in [0.4, 0.5) is 5.69 Å². The number of carbonyl (C=O) groups excluding carboxylic acids is 2. The third kappa shape index (κ3) is 4.09. The summed E-state index contributed by atoms with van der Waals surface area (Å²) >= 11 is 0. The molecule has 10 nitrogen and oxygen atoms in total. The second kappa shape index (κ2) is 10.0. The zero-order chi connectivity index (χ0) is 29.3. The molecule has 6 N–H and O–H groups in total. The van der Waals surface area contributed by atoms with Gasteiger partial charge < -0.3 is 0 Å². The summed E-state index contributed by atoms with van der Waals surface area (Å²) in [7, 11) is 11.1. The first-order valence-corrected chi connectivity index (χ1v) is 13.9. The fourth-order valence-corrected chi connectivity index (χ4v) is 7.58. The summed E-state index contributed by atoms with van der Waals surface area (Å²) in [5, 5.41) is 45.9. The number of likely N-dealkylation sites (N-methyl/N-ethyl adjacent to an activating group) is 1. The fraction of sp³-hybridized carbons (Fsp3) is 0.552. The van der Waals surface area contributed by atoms with Gasteiger partial charge in [-0.25, -0.2) is 0 Å². The van der Waals surface area contributed by atoms with Gasteiger partial charge in [0, 0.05) is 0 Å². The van der Waals surface area contributed by atoms with Crippen molar-refractivity contribution in [3.63, 3.8) is 0 Å². The number of amides is 1. The van der Waals surface area contributed by atoms with Gasteiger partial charge in [-0.3, -0.25) is 0 Å². The van der Waals surface area contributed by atoms with E-state index in [1.54, 1.807) is 25.1 Å². The van der Waals surface area contributed by atoms with Crippen molar-refractivity contribution in [1.29, 1.82) is 0 Å². The van der Waals surface area contributed by atoms with E-state index < -0.39 is 40.9 Å². The molecule has 0 spiro atoms. The number of carbonyl (C=O) groups is 2. The number of anilines is 1. The maximum atomic E-state index is 14.1. The van der Waals surface area contributed by atoms with Crippen molar-refractivity contribution in [3.8, 4) is 5.75 Å². The van der Waals surface area contributed by atoms with E-state index in [-0.39, 0.29) is 40.1 Å². The molecule has 0 unspecified atom stereocenters. The second-order valence-corrected chi connectivity index (χ2v) is 12.1. The Morgan fingerprint density at radius 3 is 2.38 bits per heavy atom. The number of ketones is 1. The van der Waals surface area contributed by atoms with Crippen LogP contribution in [0.15, 0.2) is 28.7 Å². The Kier molecular flexibility index (Phi) is 7.13. The van der Waals surface area contributed by atoms with Crippen LogP contribution in [0.3, 0.4) is 0 Å². The Morgan fingerprint density at radius 2 is 1.80 bits per heavy atom. The summed E-state index contributed by atoms with van der Waals surface area (Å²) in [5.74, 6) is -3.93. The first-order chi connectivity index (χ1) is 18.8. The molecule has 0 bridgehead atoms. The number of fused-ring (bicyclic) bond motifs is 3. The standard InChI is InChI=1S/C29H39BN4O6/c1-32(2)22-15(13-34-8-6-5-7-9-34)12-18(35)20-16(22)10-14-11-17-23(33(3)4)25(37)21(28(31)39)26(30)29(17,40)27(38)19(14)24(20)36/h12,14,17,23,30,35,37-38,40H,5-11,13H2,1-4H3,(H2,31,39)/t14-,17-,23-,29+/m0/s1. The normalized spacial score (nSPS) is 28.9. The van der Waals surface area contributed by atoms with Crippen molar-refractivity contribution >= 4 is 30.3 Å². The Morgan fingerprint density at radius 1 is 1.15 bits per heavy atom. The minimum absolute atomic E-state index is 0.00102. The average Bonchev–Trinajstić information content (AvgIpc) is 2.86. The molecule has 4 aliphatic rings. The van der Waals surface area contributed by atoms with Crippen molar-refractivity contribution in [2.45, 2.75) is 50.3 Å². The number of piperidine rings is 1. The van der Waals surface area contributed by atoms with E-state index in [0.29, 0.717) is 18.5 Å². The Labute approximate surface area is 235 Å². The number of aliphatic hydroxyl groups excluding tert-OH is 2. The van der Waals surface area contributed by atoms with Crippen molar-refractivity contribution in [2.24, 2.45) is 17.6 Å². The fourth-order valence-electron chi connectivity index (χ4n) is 7.58. The van der Waals surface area contributed by atoms with Gasteiger partial charge in [-0.2, -0.15) is 0 Å². The molecule has 0 radical (unpaired) electrons. The Hall–Kier alpha value is -3.15. The minimum atomic E-state index is -2.20. The van der Waals surface area contributed by atoms with Crippen molar-refractivity contribution in [1.82, 2.24) is 9.80 Å². The van der Waals surface area contributed by atoms with Crippen LogP contribution in [0.1, 0.15) is 47.2 Å². The predicted molar refractivity (Wildman–Crippen MR) is 154 cm³/mol. The van der Waals surface area contributed by atoms with E-state index in [4.69, 9.17) is 5.73 Å². The molecule has 214 valence electrons. The molecule has 1 amide bonds. The molecule has 40 heavy (non-hydrogen) atoms. The van der Waals surface area contributed by atoms with Crippen LogP contribution in [0.25, 0.3) is 0 Å². The van der Waals surface area contributed by atoms with Crippen LogP contribution in [-0.4, -0.2) is 108 Å². The van der Waals surface area contributed by atoms with Crippen molar-refractivity contribution in [3.05, 3.63) is 45.4 Å². The van der Waals surface area contributed by atoms with Gasteiger partial charge in [0.1, 0.15) is 0 Å². The molecule has 1 aromatic carbocycles. The first-order valence-electron chi connectivity index (χ1n) is 13.9. The number of likely N-dealkylation sites (tertiary alicyclic amines) is 1. The molecule has 1 fully saturated rings. The first kappa shape index (κ1) is 28.4. The van der Waals surface area contributed by atoms with Crippen LogP contribution in [0.2, 0.25) is 0 Å². The van der Waals surface area contributed by atoms with Crippen LogP contribution in [0, 0.1) is 11.8 Å². The van der Waals surface area contributed by atoms with E-state index >= 15 is 0 Å². The molecule has 3 aliphatic carbocycles. The molecule has 11 heteroatoms. The molecular formula is C29H39BN4O6. The molecule has 4 atom stereocenters. The molecule has 1 heterocycles. The summed E-state index contributed by atoms with van der Waals surface area (Å²) in [4.78, 5) is 32.4. The molecular weight excluding hydrogens is 511 g/mol. The SMILES string of the molecule is B=C1C(C(N)=O)=C(O)[C@@H](N(C)C)[C@@H]2C[C@@H]3Cc4c(c(O)cc(CN5CCCCC5)c4N(C)C)C(=O)C3=C(O)[C@]12O. The van der Waals surface area contributed by atoms with E-state index in [1.165, 1.54) is 6.42 Å². The third-order valence-corrected chi connectivity index (χ3v) is 9.25. The molecule has 5 rings (SSSR count). The molecule has 0 aromatic heterocycles. The van der Waals surface area contributed by atoms with Crippen LogP contribution >= 0.6 is 0 Å². The number of rotatable bonds is 5. The van der Waals surface area contributed by atoms with Gasteiger partial charge in [0.15, 0.2) is 0 Å². The van der Waals surface area contributed by atoms with E-state index in [1.807, 2.05) is 19.0 Å². The number of nitrogens with two attached hydrogens (primary N) is 1. The summed E-state index contributed by atoms with van der Waals surface area (Å²) < 4.78 is 0. The zero-order valence-corrected chi connectivity index (χ0v) is 23.7. The van der Waals surface area contributed by atoms with Crippen molar-refractivity contribution in [2.75, 3.05) is 46.2 Å². The number of nitrogens with zero attached hydrogens (tertiary/aromatic N) is 3. The number of hydrogen-bond donors (Lipinski definition) is 5. The summed E-state index contributed by atoms with van der Waals surface area (Å²) in [6, 6.07) is 0.789. The summed E-state index contributed by atoms with van der Waals surface area (Å²) in [6.45, 7) is 2.61. The van der Waals surface area contributed by atoms with Gasteiger partial charge in [-0.15, -0.1) is 0 Å². The number of primary amides is 1. The molecule has 1 aliphatic heterocycles. The third-order valence-electron chi connectivity index (χ3n) is 9.25. The average molecular weight is 550 g/mol. The summed E-state index contributed by atoms with van der Waals surface area (Å²) in [6.07, 6.45) is 4.04. The van der Waals surface area contributed by atoms with Gasteiger partial charge in [-0.05, 0) is 12.8 Å².